The first-order chi connectivity index (χ1) is 8.05. The third-order valence-corrected chi connectivity index (χ3v) is 5.60. The first-order valence-electron chi connectivity index (χ1n) is 6.82. The fourth-order valence-corrected chi connectivity index (χ4v) is 4.61. The first kappa shape index (κ1) is 13.2. The highest BCUT2D eigenvalue weighted by Crippen LogP contribution is 2.39. The second-order valence-corrected chi connectivity index (χ2v) is 7.49. The van der Waals surface area contributed by atoms with Gasteiger partial charge in [-0.1, -0.05) is 33.1 Å². The Hall–Kier alpha value is -0.200. The highest BCUT2D eigenvalue weighted by Gasteiger charge is 2.42. The zero-order chi connectivity index (χ0) is 12.4. The van der Waals surface area contributed by atoms with E-state index in [2.05, 4.69) is 25.2 Å². The lowest BCUT2D eigenvalue weighted by Gasteiger charge is -2.43. The van der Waals surface area contributed by atoms with E-state index in [0.29, 0.717) is 11.5 Å². The number of nitrogens with one attached hydrogen (secondary N) is 1. The number of hydrogen-bond donors (Lipinski definition) is 1. The number of rotatable bonds is 2. The van der Waals surface area contributed by atoms with Gasteiger partial charge >= 0.3 is 0 Å². The Morgan fingerprint density at radius 2 is 1.88 bits per heavy atom. The average Bonchev–Trinajstić information content (AvgIpc) is 2.29. The van der Waals surface area contributed by atoms with E-state index >= 15 is 0 Å². The van der Waals surface area contributed by atoms with E-state index in [4.69, 9.17) is 0 Å². The normalized spacial score (nSPS) is 34.2. The molecule has 0 aromatic carbocycles. The van der Waals surface area contributed by atoms with Crippen LogP contribution in [0.1, 0.15) is 52.4 Å². The molecule has 2 aliphatic rings. The van der Waals surface area contributed by atoms with Crippen molar-refractivity contribution in [3.63, 3.8) is 0 Å². The quantitative estimate of drug-likeness (QED) is 0.819. The summed E-state index contributed by atoms with van der Waals surface area (Å²) in [4.78, 5) is 0. The SMILES string of the molecule is CC1(C)CSCC(C#N)(NC2CCCCC2)C1. The highest BCUT2D eigenvalue weighted by atomic mass is 32.2. The van der Waals surface area contributed by atoms with Crippen molar-refractivity contribution in [2.24, 2.45) is 5.41 Å². The Kier molecular flexibility index (Phi) is 4.05. The second kappa shape index (κ2) is 5.20. The van der Waals surface area contributed by atoms with E-state index in [1.165, 1.54) is 37.9 Å². The van der Waals surface area contributed by atoms with Crippen molar-refractivity contribution < 1.29 is 0 Å². The predicted octanol–water partition coefficient (Wildman–Crippen LogP) is 3.33. The van der Waals surface area contributed by atoms with Crippen LogP contribution in [0, 0.1) is 16.7 Å². The minimum Gasteiger partial charge on any atom is -0.296 e. The van der Waals surface area contributed by atoms with Crippen molar-refractivity contribution in [1.29, 1.82) is 5.26 Å². The highest BCUT2D eigenvalue weighted by molar-refractivity contribution is 7.99. The molecule has 17 heavy (non-hydrogen) atoms. The van der Waals surface area contributed by atoms with E-state index in [0.717, 1.165) is 12.2 Å². The lowest BCUT2D eigenvalue weighted by atomic mass is 9.79. The van der Waals surface area contributed by atoms with Crippen LogP contribution < -0.4 is 5.32 Å². The minimum atomic E-state index is -0.269. The second-order valence-electron chi connectivity index (χ2n) is 6.51. The Bertz CT molecular complexity index is 302. The monoisotopic (exact) mass is 252 g/mol. The summed E-state index contributed by atoms with van der Waals surface area (Å²) in [5.41, 5.74) is 0.0226. The maximum atomic E-state index is 9.58. The molecular weight excluding hydrogens is 228 g/mol. The summed E-state index contributed by atoms with van der Waals surface area (Å²) in [5, 5.41) is 13.3. The van der Waals surface area contributed by atoms with Crippen molar-refractivity contribution in [2.75, 3.05) is 11.5 Å². The van der Waals surface area contributed by atoms with Gasteiger partial charge < -0.3 is 0 Å². The minimum absolute atomic E-state index is 0.269. The zero-order valence-corrected chi connectivity index (χ0v) is 11.9. The molecule has 0 radical (unpaired) electrons. The number of hydrogen-bond acceptors (Lipinski definition) is 3. The molecule has 1 aliphatic carbocycles. The van der Waals surface area contributed by atoms with Crippen LogP contribution in [0.25, 0.3) is 0 Å². The van der Waals surface area contributed by atoms with Gasteiger partial charge in [0.2, 0.25) is 0 Å². The molecule has 1 heterocycles. The molecule has 1 aliphatic heterocycles. The molecule has 1 saturated heterocycles. The van der Waals surface area contributed by atoms with Gasteiger partial charge in [-0.2, -0.15) is 17.0 Å². The van der Waals surface area contributed by atoms with Gasteiger partial charge in [0.1, 0.15) is 5.54 Å². The largest absolute Gasteiger partial charge is 0.296 e. The van der Waals surface area contributed by atoms with Crippen molar-refractivity contribution in [1.82, 2.24) is 5.32 Å². The molecule has 1 saturated carbocycles. The summed E-state index contributed by atoms with van der Waals surface area (Å²) in [6, 6.07) is 3.17. The van der Waals surface area contributed by atoms with Crippen LogP contribution >= 0.6 is 11.8 Å². The lowest BCUT2D eigenvalue weighted by Crippen LogP contribution is -2.56. The molecule has 0 spiro atoms. The molecule has 1 unspecified atom stereocenters. The van der Waals surface area contributed by atoms with Gasteiger partial charge in [0.25, 0.3) is 0 Å². The van der Waals surface area contributed by atoms with Crippen molar-refractivity contribution >= 4 is 11.8 Å². The summed E-state index contributed by atoms with van der Waals surface area (Å²) in [6.45, 7) is 4.57. The standard InChI is InChI=1S/C14H24N2S/c1-13(2)8-14(9-15,11-17-10-13)16-12-6-4-3-5-7-12/h12,16H,3-8,10-11H2,1-2H3. The molecule has 2 nitrogen and oxygen atoms in total. The Labute approximate surface area is 110 Å². The van der Waals surface area contributed by atoms with Gasteiger partial charge in [-0.3, -0.25) is 5.32 Å². The summed E-state index contributed by atoms with van der Waals surface area (Å²) >= 11 is 1.94. The van der Waals surface area contributed by atoms with Gasteiger partial charge in [0.05, 0.1) is 6.07 Å². The van der Waals surface area contributed by atoms with E-state index < -0.39 is 0 Å². The molecule has 0 aromatic rings. The van der Waals surface area contributed by atoms with E-state index in [1.54, 1.807) is 0 Å². The van der Waals surface area contributed by atoms with Gasteiger partial charge in [-0.25, -0.2) is 0 Å². The Morgan fingerprint density at radius 3 is 2.47 bits per heavy atom. The molecular formula is C14H24N2S. The van der Waals surface area contributed by atoms with Crippen molar-refractivity contribution in [3.8, 4) is 6.07 Å². The van der Waals surface area contributed by atoms with Gasteiger partial charge in [-0.05, 0) is 30.4 Å². The van der Waals surface area contributed by atoms with Crippen LogP contribution in [0.2, 0.25) is 0 Å². The van der Waals surface area contributed by atoms with Crippen LogP contribution in [-0.2, 0) is 0 Å². The molecule has 1 N–H and O–H groups in total. The molecule has 3 heteroatoms. The summed E-state index contributed by atoms with van der Waals surface area (Å²) < 4.78 is 0. The molecule has 2 fully saturated rings. The van der Waals surface area contributed by atoms with Gasteiger partial charge in [0, 0.05) is 11.8 Å². The van der Waals surface area contributed by atoms with Crippen LogP contribution in [-0.4, -0.2) is 23.1 Å². The topological polar surface area (TPSA) is 35.8 Å². The molecule has 2 rings (SSSR count). The van der Waals surface area contributed by atoms with Crippen molar-refractivity contribution in [3.05, 3.63) is 0 Å². The number of nitrogens with zero attached hydrogens (tertiary/aromatic N) is 1. The first-order valence-corrected chi connectivity index (χ1v) is 7.98. The molecule has 96 valence electrons. The molecule has 0 aromatic heterocycles. The van der Waals surface area contributed by atoms with E-state index in [-0.39, 0.29) is 5.54 Å². The number of thioether (sulfide) groups is 1. The Morgan fingerprint density at radius 1 is 1.18 bits per heavy atom. The zero-order valence-electron chi connectivity index (χ0n) is 11.1. The lowest BCUT2D eigenvalue weighted by molar-refractivity contribution is 0.230. The molecule has 0 bridgehead atoms. The summed E-state index contributed by atoms with van der Waals surface area (Å²) in [6.07, 6.45) is 7.55. The molecule has 0 amide bonds. The number of nitriles is 1. The van der Waals surface area contributed by atoms with Crippen LogP contribution in [0.3, 0.4) is 0 Å². The third-order valence-electron chi connectivity index (χ3n) is 3.92. The van der Waals surface area contributed by atoms with E-state index in [9.17, 15) is 5.26 Å². The van der Waals surface area contributed by atoms with Gasteiger partial charge in [-0.15, -0.1) is 0 Å². The smallest absolute Gasteiger partial charge is 0.116 e. The Balaban J connectivity index is 2.01. The van der Waals surface area contributed by atoms with Crippen LogP contribution in [0.15, 0.2) is 0 Å². The molecule has 1 atom stereocenters. The van der Waals surface area contributed by atoms with Crippen molar-refractivity contribution in [2.45, 2.75) is 64.0 Å². The van der Waals surface area contributed by atoms with E-state index in [1.807, 2.05) is 11.8 Å². The van der Waals surface area contributed by atoms with Crippen LogP contribution in [0.5, 0.6) is 0 Å². The fraction of sp³-hybridized carbons (Fsp3) is 0.929. The predicted molar refractivity (Wildman–Crippen MR) is 74.1 cm³/mol. The average molecular weight is 252 g/mol. The maximum Gasteiger partial charge on any atom is 0.116 e. The summed E-state index contributed by atoms with van der Waals surface area (Å²) in [5.74, 6) is 2.15. The van der Waals surface area contributed by atoms with Crippen LogP contribution in [0.4, 0.5) is 0 Å². The maximum absolute atomic E-state index is 9.58. The summed E-state index contributed by atoms with van der Waals surface area (Å²) in [7, 11) is 0. The van der Waals surface area contributed by atoms with Gasteiger partial charge in [0.15, 0.2) is 0 Å². The fourth-order valence-electron chi connectivity index (χ4n) is 3.25. The third kappa shape index (κ3) is 3.39.